The Morgan fingerprint density at radius 1 is 1.04 bits per heavy atom. The largest absolute Gasteiger partial charge is 0.497 e. The molecule has 1 amide bonds. The van der Waals surface area contributed by atoms with Gasteiger partial charge in [-0.25, -0.2) is 0 Å². The van der Waals surface area contributed by atoms with Gasteiger partial charge in [-0.1, -0.05) is 12.1 Å². The van der Waals surface area contributed by atoms with Crippen LogP contribution in [0.4, 0.5) is 5.69 Å². The summed E-state index contributed by atoms with van der Waals surface area (Å²) >= 11 is 1.66. The molecule has 3 aromatic rings. The summed E-state index contributed by atoms with van der Waals surface area (Å²) < 4.78 is 10.8. The highest BCUT2D eigenvalue weighted by Crippen LogP contribution is 2.19. The zero-order chi connectivity index (χ0) is 16.8. The number of amides is 1. The molecular formula is C19H17NO3S. The zero-order valence-electron chi connectivity index (χ0n) is 13.2. The van der Waals surface area contributed by atoms with Gasteiger partial charge in [-0.15, -0.1) is 11.3 Å². The van der Waals surface area contributed by atoms with Crippen LogP contribution in [0.2, 0.25) is 0 Å². The van der Waals surface area contributed by atoms with Crippen molar-refractivity contribution in [3.8, 4) is 11.5 Å². The van der Waals surface area contributed by atoms with Crippen molar-refractivity contribution in [2.24, 2.45) is 0 Å². The Bertz CT molecular complexity index is 798. The number of rotatable bonds is 6. The summed E-state index contributed by atoms with van der Waals surface area (Å²) in [4.78, 5) is 13.4. The fourth-order valence-electron chi connectivity index (χ4n) is 2.16. The van der Waals surface area contributed by atoms with E-state index in [1.807, 2.05) is 35.7 Å². The lowest BCUT2D eigenvalue weighted by Gasteiger charge is -2.08. The Kier molecular flexibility index (Phi) is 5.13. The second-order valence-corrected chi connectivity index (χ2v) is 6.11. The van der Waals surface area contributed by atoms with E-state index < -0.39 is 0 Å². The number of nitrogens with one attached hydrogen (secondary N) is 1. The van der Waals surface area contributed by atoms with E-state index >= 15 is 0 Å². The molecule has 0 radical (unpaired) electrons. The molecule has 0 fully saturated rings. The maximum absolute atomic E-state index is 12.3. The van der Waals surface area contributed by atoms with E-state index in [0.29, 0.717) is 23.6 Å². The van der Waals surface area contributed by atoms with Gasteiger partial charge in [0.2, 0.25) is 0 Å². The SMILES string of the molecule is COc1cccc(NC(=O)c2ccc(OCc3cccs3)cc2)c1. The number of methoxy groups -OCH3 is 1. The molecule has 5 heteroatoms. The highest BCUT2D eigenvalue weighted by molar-refractivity contribution is 7.09. The minimum atomic E-state index is -0.173. The predicted molar refractivity (Wildman–Crippen MR) is 96.0 cm³/mol. The number of hydrogen-bond acceptors (Lipinski definition) is 4. The van der Waals surface area contributed by atoms with Gasteiger partial charge in [0.15, 0.2) is 0 Å². The Balaban J connectivity index is 1.60. The van der Waals surface area contributed by atoms with Gasteiger partial charge in [0, 0.05) is 22.2 Å². The molecule has 0 bridgehead atoms. The van der Waals surface area contributed by atoms with Crippen LogP contribution in [0.1, 0.15) is 15.2 Å². The number of anilines is 1. The maximum atomic E-state index is 12.3. The second-order valence-electron chi connectivity index (χ2n) is 5.08. The van der Waals surface area contributed by atoms with E-state index in [4.69, 9.17) is 9.47 Å². The van der Waals surface area contributed by atoms with Gasteiger partial charge in [-0.2, -0.15) is 0 Å². The van der Waals surface area contributed by atoms with E-state index in [1.165, 1.54) is 0 Å². The normalized spacial score (nSPS) is 10.2. The molecule has 0 spiro atoms. The molecule has 0 aliphatic rings. The summed E-state index contributed by atoms with van der Waals surface area (Å²) in [5, 5.41) is 4.87. The molecule has 3 rings (SSSR count). The Morgan fingerprint density at radius 2 is 1.88 bits per heavy atom. The summed E-state index contributed by atoms with van der Waals surface area (Å²) in [5.74, 6) is 1.26. The van der Waals surface area contributed by atoms with Gasteiger partial charge in [0.25, 0.3) is 5.91 Å². The first-order valence-corrected chi connectivity index (χ1v) is 8.33. The second kappa shape index (κ2) is 7.66. The molecule has 1 aromatic heterocycles. The average molecular weight is 339 g/mol. The van der Waals surface area contributed by atoms with Crippen LogP contribution < -0.4 is 14.8 Å². The number of thiophene rings is 1. The van der Waals surface area contributed by atoms with Crippen LogP contribution in [0, 0.1) is 0 Å². The highest BCUT2D eigenvalue weighted by Gasteiger charge is 2.07. The molecule has 0 atom stereocenters. The number of carbonyl (C=O) groups is 1. The minimum absolute atomic E-state index is 0.173. The van der Waals surface area contributed by atoms with Crippen molar-refractivity contribution >= 4 is 22.9 Å². The van der Waals surface area contributed by atoms with Crippen LogP contribution in [0.25, 0.3) is 0 Å². The van der Waals surface area contributed by atoms with Gasteiger partial charge in [-0.05, 0) is 47.8 Å². The van der Waals surface area contributed by atoms with Crippen LogP contribution in [-0.4, -0.2) is 13.0 Å². The number of carbonyl (C=O) groups excluding carboxylic acids is 1. The van der Waals surface area contributed by atoms with Crippen molar-refractivity contribution in [1.29, 1.82) is 0 Å². The fraction of sp³-hybridized carbons (Fsp3) is 0.105. The van der Waals surface area contributed by atoms with E-state index in [0.717, 1.165) is 10.6 Å². The topological polar surface area (TPSA) is 47.6 Å². The Morgan fingerprint density at radius 3 is 2.58 bits per heavy atom. The molecule has 24 heavy (non-hydrogen) atoms. The summed E-state index contributed by atoms with van der Waals surface area (Å²) in [7, 11) is 1.59. The monoisotopic (exact) mass is 339 g/mol. The molecule has 1 N–H and O–H groups in total. The van der Waals surface area contributed by atoms with Crippen LogP contribution in [-0.2, 0) is 6.61 Å². The standard InChI is InChI=1S/C19H17NO3S/c1-22-17-5-2-4-15(12-17)20-19(21)14-7-9-16(10-8-14)23-13-18-6-3-11-24-18/h2-12H,13H2,1H3,(H,20,21). The third-order valence-electron chi connectivity index (χ3n) is 3.41. The first-order chi connectivity index (χ1) is 11.7. The van der Waals surface area contributed by atoms with E-state index in [2.05, 4.69) is 5.32 Å². The maximum Gasteiger partial charge on any atom is 0.255 e. The third-order valence-corrected chi connectivity index (χ3v) is 4.26. The molecule has 4 nitrogen and oxygen atoms in total. The minimum Gasteiger partial charge on any atom is -0.497 e. The number of ether oxygens (including phenoxy) is 2. The van der Waals surface area contributed by atoms with Gasteiger partial charge in [0.05, 0.1) is 7.11 Å². The van der Waals surface area contributed by atoms with Gasteiger partial charge < -0.3 is 14.8 Å². The molecule has 0 aliphatic carbocycles. The quantitative estimate of drug-likeness (QED) is 0.714. The number of hydrogen-bond donors (Lipinski definition) is 1. The summed E-state index contributed by atoms with van der Waals surface area (Å²) in [6, 6.07) is 18.4. The van der Waals surface area contributed by atoms with Crippen molar-refractivity contribution < 1.29 is 14.3 Å². The summed E-state index contributed by atoms with van der Waals surface area (Å²) in [6.07, 6.45) is 0. The molecule has 0 unspecified atom stereocenters. The van der Waals surface area contributed by atoms with Gasteiger partial charge in [0.1, 0.15) is 18.1 Å². The summed E-state index contributed by atoms with van der Waals surface area (Å²) in [5.41, 5.74) is 1.26. The molecule has 1 heterocycles. The highest BCUT2D eigenvalue weighted by atomic mass is 32.1. The van der Waals surface area contributed by atoms with Gasteiger partial charge in [-0.3, -0.25) is 4.79 Å². The smallest absolute Gasteiger partial charge is 0.255 e. The van der Waals surface area contributed by atoms with Gasteiger partial charge >= 0.3 is 0 Å². The van der Waals surface area contributed by atoms with Crippen molar-refractivity contribution in [3.63, 3.8) is 0 Å². The van der Waals surface area contributed by atoms with Crippen LogP contribution in [0.15, 0.2) is 66.0 Å². The van der Waals surface area contributed by atoms with Crippen molar-refractivity contribution in [2.45, 2.75) is 6.61 Å². The Hall–Kier alpha value is -2.79. The number of benzene rings is 2. The lowest BCUT2D eigenvalue weighted by molar-refractivity contribution is 0.102. The third kappa shape index (κ3) is 4.14. The van der Waals surface area contributed by atoms with Crippen LogP contribution in [0.3, 0.4) is 0 Å². The van der Waals surface area contributed by atoms with Crippen molar-refractivity contribution in [1.82, 2.24) is 0 Å². The zero-order valence-corrected chi connectivity index (χ0v) is 14.0. The predicted octanol–water partition coefficient (Wildman–Crippen LogP) is 4.59. The molecule has 0 saturated carbocycles. The van der Waals surface area contributed by atoms with E-state index in [1.54, 1.807) is 48.8 Å². The van der Waals surface area contributed by atoms with Crippen LogP contribution in [0.5, 0.6) is 11.5 Å². The van der Waals surface area contributed by atoms with Crippen LogP contribution >= 0.6 is 11.3 Å². The lowest BCUT2D eigenvalue weighted by atomic mass is 10.2. The lowest BCUT2D eigenvalue weighted by Crippen LogP contribution is -2.11. The first-order valence-electron chi connectivity index (χ1n) is 7.45. The molecule has 0 aliphatic heterocycles. The summed E-state index contributed by atoms with van der Waals surface area (Å²) in [6.45, 7) is 0.535. The van der Waals surface area contributed by atoms with Crippen molar-refractivity contribution in [3.05, 3.63) is 76.5 Å². The first kappa shape index (κ1) is 16.1. The molecule has 0 saturated heterocycles. The van der Waals surface area contributed by atoms with E-state index in [9.17, 15) is 4.79 Å². The molecular weight excluding hydrogens is 322 g/mol. The Labute approximate surface area is 144 Å². The fourth-order valence-corrected chi connectivity index (χ4v) is 2.77. The molecule has 2 aromatic carbocycles. The molecule has 122 valence electrons. The van der Waals surface area contributed by atoms with Crippen molar-refractivity contribution in [2.75, 3.05) is 12.4 Å². The average Bonchev–Trinajstić information content (AvgIpc) is 3.14. The van der Waals surface area contributed by atoms with E-state index in [-0.39, 0.29) is 5.91 Å².